The van der Waals surface area contributed by atoms with Gasteiger partial charge in [-0.05, 0) is 13.8 Å². The molecule has 0 atom stereocenters. The fraction of sp³-hybridized carbons (Fsp3) is 0.875. The third kappa shape index (κ3) is 3.44. The Labute approximate surface area is 90.8 Å². The second-order valence-corrected chi connectivity index (χ2v) is 5.06. The minimum Gasteiger partial charge on any atom is -0.469 e. The van der Waals surface area contributed by atoms with Crippen LogP contribution >= 0.6 is 0 Å². The van der Waals surface area contributed by atoms with Crippen molar-refractivity contribution in [1.82, 2.24) is 0 Å². The molecule has 90 valence electrons. The van der Waals surface area contributed by atoms with E-state index in [1.807, 2.05) is 0 Å². The first kappa shape index (κ1) is 14.3. The number of nitrogens with two attached hydrogens (primary N) is 1. The maximum Gasteiger partial charge on any atom is 0.367 e. The Balaban J connectivity index is 4.75. The topological polar surface area (TPSA) is 86.5 Å². The first-order valence-electron chi connectivity index (χ1n) is 4.78. The van der Waals surface area contributed by atoms with E-state index in [9.17, 15) is 13.2 Å². The summed E-state index contributed by atoms with van der Waals surface area (Å²) >= 11 is 0. The summed E-state index contributed by atoms with van der Waals surface area (Å²) in [6.07, 6.45) is 0.0502. The molecule has 0 radical (unpaired) electrons. The van der Waals surface area contributed by atoms with E-state index in [0.717, 1.165) is 0 Å². The molecule has 6 nitrogen and oxygen atoms in total. The molecule has 0 bridgehead atoms. The summed E-state index contributed by atoms with van der Waals surface area (Å²) in [5.41, 5.74) is 0. The molecule has 0 saturated carbocycles. The first-order chi connectivity index (χ1) is 6.83. The lowest BCUT2D eigenvalue weighted by Crippen LogP contribution is -2.56. The van der Waals surface area contributed by atoms with Crippen LogP contribution in [0.2, 0.25) is 0 Å². The van der Waals surface area contributed by atoms with Crippen molar-refractivity contribution in [1.29, 1.82) is 0 Å². The van der Waals surface area contributed by atoms with Gasteiger partial charge in [-0.2, -0.15) is 13.6 Å². The monoisotopic (exact) mass is 239 g/mol. The third-order valence-electron chi connectivity index (χ3n) is 2.64. The Hall–Kier alpha value is -0.660. The van der Waals surface area contributed by atoms with Crippen molar-refractivity contribution in [3.05, 3.63) is 0 Å². The van der Waals surface area contributed by atoms with Crippen molar-refractivity contribution in [3.63, 3.8) is 0 Å². The molecule has 0 aromatic carbocycles. The van der Waals surface area contributed by atoms with Crippen molar-refractivity contribution < 1.29 is 21.8 Å². The van der Waals surface area contributed by atoms with Crippen molar-refractivity contribution in [2.75, 3.05) is 26.7 Å². The molecule has 0 spiro atoms. The first-order valence-corrected chi connectivity index (χ1v) is 6.29. The molecule has 0 aliphatic rings. The van der Waals surface area contributed by atoms with Gasteiger partial charge in [0.1, 0.15) is 6.54 Å². The highest BCUT2D eigenvalue weighted by Crippen LogP contribution is 2.12. The molecule has 0 aliphatic carbocycles. The van der Waals surface area contributed by atoms with Gasteiger partial charge in [-0.25, -0.2) is 3.89 Å². The van der Waals surface area contributed by atoms with Crippen molar-refractivity contribution >= 4 is 16.2 Å². The Bertz CT molecular complexity index is 309. The number of hydrogen-bond acceptors (Lipinski definition) is 4. The Morgan fingerprint density at radius 3 is 2.07 bits per heavy atom. The highest BCUT2D eigenvalue weighted by Gasteiger charge is 2.36. The lowest BCUT2D eigenvalue weighted by molar-refractivity contribution is -0.802. The molecule has 0 fully saturated rings. The summed E-state index contributed by atoms with van der Waals surface area (Å²) in [4.78, 5) is 10.9. The standard InChI is InChI=1S/C8H19N2O4S/c1-4-10(5-2,15(9,12)13)7-6-8(11)14-3/h4-7H2,1-3H3,(H2,9,12,13)/q+1. The maximum atomic E-state index is 11.4. The van der Waals surface area contributed by atoms with Crippen LogP contribution in [0.4, 0.5) is 0 Å². The van der Waals surface area contributed by atoms with E-state index in [-0.39, 0.29) is 16.9 Å². The summed E-state index contributed by atoms with van der Waals surface area (Å²) in [5, 5.41) is 5.16. The van der Waals surface area contributed by atoms with Crippen LogP contribution < -0.4 is 5.14 Å². The van der Waals surface area contributed by atoms with Crippen molar-refractivity contribution in [2.24, 2.45) is 5.14 Å². The Morgan fingerprint density at radius 2 is 1.80 bits per heavy atom. The van der Waals surface area contributed by atoms with Gasteiger partial charge in [-0.3, -0.25) is 4.79 Å². The summed E-state index contributed by atoms with van der Waals surface area (Å²) < 4.78 is 27.0. The summed E-state index contributed by atoms with van der Waals surface area (Å²) in [5.74, 6) is -0.428. The van der Waals surface area contributed by atoms with Gasteiger partial charge < -0.3 is 4.74 Å². The normalized spacial score (nSPS) is 12.5. The number of carbonyl (C=O) groups excluding carboxylic acids is 1. The van der Waals surface area contributed by atoms with Crippen LogP contribution in [0.1, 0.15) is 20.3 Å². The molecule has 0 amide bonds. The average molecular weight is 239 g/mol. The smallest absolute Gasteiger partial charge is 0.367 e. The lowest BCUT2D eigenvalue weighted by atomic mass is 10.4. The molecule has 0 saturated heterocycles. The molecule has 0 aromatic heterocycles. The van der Waals surface area contributed by atoms with E-state index in [1.54, 1.807) is 13.8 Å². The van der Waals surface area contributed by atoms with E-state index in [0.29, 0.717) is 13.1 Å². The number of hydrogen-bond donors (Lipinski definition) is 1. The van der Waals surface area contributed by atoms with E-state index >= 15 is 0 Å². The van der Waals surface area contributed by atoms with Crippen LogP contribution in [0.25, 0.3) is 0 Å². The highest BCUT2D eigenvalue weighted by molar-refractivity contribution is 7.83. The van der Waals surface area contributed by atoms with Crippen LogP contribution in [0.15, 0.2) is 0 Å². The SMILES string of the molecule is CC[N+](CC)(CCC(=O)OC)S(N)(=O)=O. The molecule has 0 heterocycles. The van der Waals surface area contributed by atoms with Gasteiger partial charge >= 0.3 is 16.2 Å². The highest BCUT2D eigenvalue weighted by atomic mass is 32.2. The number of carbonyl (C=O) groups is 1. The predicted molar refractivity (Wildman–Crippen MR) is 55.9 cm³/mol. The minimum absolute atomic E-state index is 0.0502. The number of ether oxygens (including phenoxy) is 1. The van der Waals surface area contributed by atoms with Gasteiger partial charge in [0, 0.05) is 0 Å². The average Bonchev–Trinajstić information content (AvgIpc) is 2.17. The van der Waals surface area contributed by atoms with Gasteiger partial charge in [-0.1, -0.05) is 0 Å². The molecule has 2 N–H and O–H groups in total. The molecule has 7 heteroatoms. The van der Waals surface area contributed by atoms with Gasteiger partial charge in [0.2, 0.25) is 0 Å². The zero-order valence-corrected chi connectivity index (χ0v) is 10.2. The molecule has 0 aliphatic heterocycles. The maximum absolute atomic E-state index is 11.4. The predicted octanol–water partition coefficient (Wildman–Crippen LogP) is -0.390. The second-order valence-electron chi connectivity index (χ2n) is 3.26. The number of quaternary nitrogens is 1. The zero-order valence-electron chi connectivity index (χ0n) is 9.39. The lowest BCUT2D eigenvalue weighted by Gasteiger charge is -2.32. The van der Waals surface area contributed by atoms with Crippen LogP contribution in [-0.2, 0) is 19.7 Å². The zero-order chi connectivity index (χ0) is 12.1. The molecule has 0 rings (SSSR count). The molecule has 0 unspecified atom stereocenters. The molecule has 0 aromatic rings. The number of rotatable bonds is 6. The number of esters is 1. The molecular weight excluding hydrogens is 220 g/mol. The summed E-state index contributed by atoms with van der Waals surface area (Å²) in [6, 6.07) is 0. The Kier molecular flexibility index (Phi) is 5.19. The molecule has 15 heavy (non-hydrogen) atoms. The molecular formula is C8H19N2O4S+. The Morgan fingerprint density at radius 1 is 1.33 bits per heavy atom. The largest absolute Gasteiger partial charge is 0.469 e. The van der Waals surface area contributed by atoms with Gasteiger partial charge in [0.15, 0.2) is 0 Å². The summed E-state index contributed by atoms with van der Waals surface area (Å²) in [6.45, 7) is 4.29. The van der Waals surface area contributed by atoms with Crippen LogP contribution in [0, 0.1) is 0 Å². The van der Waals surface area contributed by atoms with Gasteiger partial charge in [-0.15, -0.1) is 0 Å². The van der Waals surface area contributed by atoms with Crippen molar-refractivity contribution in [3.8, 4) is 0 Å². The van der Waals surface area contributed by atoms with Crippen LogP contribution in [-0.4, -0.2) is 45.0 Å². The van der Waals surface area contributed by atoms with Crippen LogP contribution in [0.5, 0.6) is 0 Å². The fourth-order valence-electron chi connectivity index (χ4n) is 1.42. The van der Waals surface area contributed by atoms with E-state index < -0.39 is 16.2 Å². The second kappa shape index (κ2) is 5.43. The van der Waals surface area contributed by atoms with Crippen molar-refractivity contribution in [2.45, 2.75) is 20.3 Å². The number of nitrogens with zero attached hydrogens (tertiary/aromatic N) is 1. The van der Waals surface area contributed by atoms with Gasteiger partial charge in [0.05, 0.1) is 26.6 Å². The van der Waals surface area contributed by atoms with E-state index in [1.165, 1.54) is 7.11 Å². The quantitative estimate of drug-likeness (QED) is 0.505. The fourth-order valence-corrected chi connectivity index (χ4v) is 2.49. The van der Waals surface area contributed by atoms with Crippen LogP contribution in [0.3, 0.4) is 0 Å². The van der Waals surface area contributed by atoms with Gasteiger partial charge in [0.25, 0.3) is 0 Å². The van der Waals surface area contributed by atoms with E-state index in [2.05, 4.69) is 4.74 Å². The van der Waals surface area contributed by atoms with E-state index in [4.69, 9.17) is 5.14 Å². The summed E-state index contributed by atoms with van der Waals surface area (Å²) in [7, 11) is -2.43. The minimum atomic E-state index is -3.70. The number of methoxy groups -OCH3 is 1. The third-order valence-corrected chi connectivity index (χ3v) is 4.42.